The van der Waals surface area contributed by atoms with Crippen molar-refractivity contribution >= 4 is 0 Å². The number of hydrogen-bond acceptors (Lipinski definition) is 2. The molecule has 3 nitrogen and oxygen atoms in total. The van der Waals surface area contributed by atoms with E-state index >= 15 is 0 Å². The SMILES string of the molecule is CNC(c1ccccc1C)c1nccn1C. The van der Waals surface area contributed by atoms with Gasteiger partial charge in [-0.3, -0.25) is 0 Å². The lowest BCUT2D eigenvalue weighted by Crippen LogP contribution is -2.22. The summed E-state index contributed by atoms with van der Waals surface area (Å²) in [6.45, 7) is 2.13. The Bertz CT molecular complexity index is 474. The molecule has 0 bridgehead atoms. The Labute approximate surface area is 96.1 Å². The Morgan fingerprint density at radius 2 is 2.06 bits per heavy atom. The zero-order valence-corrected chi connectivity index (χ0v) is 9.94. The van der Waals surface area contributed by atoms with Gasteiger partial charge >= 0.3 is 0 Å². The molecule has 0 aliphatic heterocycles. The van der Waals surface area contributed by atoms with Crippen LogP contribution >= 0.6 is 0 Å². The molecule has 84 valence electrons. The van der Waals surface area contributed by atoms with Gasteiger partial charge in [-0.1, -0.05) is 24.3 Å². The molecule has 16 heavy (non-hydrogen) atoms. The Kier molecular flexibility index (Phi) is 3.06. The van der Waals surface area contributed by atoms with Crippen LogP contribution in [0.3, 0.4) is 0 Å². The van der Waals surface area contributed by atoms with E-state index in [4.69, 9.17) is 0 Å². The maximum atomic E-state index is 4.40. The van der Waals surface area contributed by atoms with E-state index in [0.717, 1.165) is 5.82 Å². The van der Waals surface area contributed by atoms with Gasteiger partial charge in [-0.25, -0.2) is 4.98 Å². The Morgan fingerprint density at radius 3 is 2.62 bits per heavy atom. The lowest BCUT2D eigenvalue weighted by Gasteiger charge is -2.18. The van der Waals surface area contributed by atoms with Crippen LogP contribution in [0.4, 0.5) is 0 Å². The molecule has 1 aromatic heterocycles. The highest BCUT2D eigenvalue weighted by molar-refractivity contribution is 5.32. The lowest BCUT2D eigenvalue weighted by molar-refractivity contribution is 0.614. The van der Waals surface area contributed by atoms with Crippen LogP contribution in [-0.4, -0.2) is 16.6 Å². The Hall–Kier alpha value is -1.61. The molecule has 0 aliphatic carbocycles. The molecule has 1 aromatic carbocycles. The molecule has 0 saturated heterocycles. The highest BCUT2D eigenvalue weighted by Gasteiger charge is 2.17. The van der Waals surface area contributed by atoms with Crippen molar-refractivity contribution in [2.45, 2.75) is 13.0 Å². The maximum Gasteiger partial charge on any atom is 0.130 e. The summed E-state index contributed by atoms with van der Waals surface area (Å²) in [7, 11) is 3.98. The molecule has 1 atom stereocenters. The van der Waals surface area contributed by atoms with Gasteiger partial charge in [-0.15, -0.1) is 0 Å². The van der Waals surface area contributed by atoms with E-state index in [1.165, 1.54) is 11.1 Å². The predicted octanol–water partition coefficient (Wildman–Crippen LogP) is 2.04. The van der Waals surface area contributed by atoms with Crippen molar-refractivity contribution in [1.82, 2.24) is 14.9 Å². The van der Waals surface area contributed by atoms with Gasteiger partial charge in [-0.2, -0.15) is 0 Å². The van der Waals surface area contributed by atoms with E-state index in [1.54, 1.807) is 0 Å². The number of nitrogens with one attached hydrogen (secondary N) is 1. The monoisotopic (exact) mass is 215 g/mol. The van der Waals surface area contributed by atoms with Gasteiger partial charge in [0.15, 0.2) is 0 Å². The van der Waals surface area contributed by atoms with Crippen LogP contribution in [0.1, 0.15) is 23.0 Å². The highest BCUT2D eigenvalue weighted by Crippen LogP contribution is 2.22. The summed E-state index contributed by atoms with van der Waals surface area (Å²) in [5.74, 6) is 1.04. The second-order valence-electron chi connectivity index (χ2n) is 3.97. The Balaban J connectivity index is 2.45. The quantitative estimate of drug-likeness (QED) is 0.849. The first-order chi connectivity index (χ1) is 7.74. The number of benzene rings is 1. The predicted molar refractivity (Wildman–Crippen MR) is 65.3 cm³/mol. The fourth-order valence-electron chi connectivity index (χ4n) is 1.99. The van der Waals surface area contributed by atoms with Gasteiger partial charge in [-0.05, 0) is 25.1 Å². The summed E-state index contributed by atoms with van der Waals surface area (Å²) >= 11 is 0. The van der Waals surface area contributed by atoms with Crippen LogP contribution in [-0.2, 0) is 7.05 Å². The summed E-state index contributed by atoms with van der Waals surface area (Å²) in [5, 5.41) is 3.32. The molecule has 0 amide bonds. The normalized spacial score (nSPS) is 12.7. The molecule has 1 N–H and O–H groups in total. The van der Waals surface area contributed by atoms with Crippen LogP contribution in [0.25, 0.3) is 0 Å². The molecule has 2 aromatic rings. The first kappa shape index (κ1) is 10.9. The van der Waals surface area contributed by atoms with Crippen molar-refractivity contribution in [2.24, 2.45) is 7.05 Å². The molecule has 1 heterocycles. The van der Waals surface area contributed by atoms with Crippen LogP contribution in [0, 0.1) is 6.92 Å². The molecule has 2 rings (SSSR count). The van der Waals surface area contributed by atoms with E-state index in [1.807, 2.05) is 31.1 Å². The minimum atomic E-state index is 0.154. The molecule has 3 heteroatoms. The zero-order valence-electron chi connectivity index (χ0n) is 9.94. The highest BCUT2D eigenvalue weighted by atomic mass is 15.1. The first-order valence-electron chi connectivity index (χ1n) is 5.44. The third kappa shape index (κ3) is 1.86. The number of nitrogens with zero attached hydrogens (tertiary/aromatic N) is 2. The fourth-order valence-corrected chi connectivity index (χ4v) is 1.99. The number of aryl methyl sites for hydroxylation is 2. The molecule has 1 unspecified atom stereocenters. The second-order valence-corrected chi connectivity index (χ2v) is 3.97. The second kappa shape index (κ2) is 4.49. The van der Waals surface area contributed by atoms with Crippen LogP contribution < -0.4 is 5.32 Å². The van der Waals surface area contributed by atoms with Crippen LogP contribution in [0.5, 0.6) is 0 Å². The van der Waals surface area contributed by atoms with Crippen molar-refractivity contribution in [3.63, 3.8) is 0 Å². The molecular formula is C13H17N3. The van der Waals surface area contributed by atoms with Crippen molar-refractivity contribution in [2.75, 3.05) is 7.05 Å². The topological polar surface area (TPSA) is 29.9 Å². The smallest absolute Gasteiger partial charge is 0.130 e. The first-order valence-corrected chi connectivity index (χ1v) is 5.44. The summed E-state index contributed by atoms with van der Waals surface area (Å²) in [6.07, 6.45) is 3.80. The van der Waals surface area contributed by atoms with Crippen LogP contribution in [0.2, 0.25) is 0 Å². The van der Waals surface area contributed by atoms with E-state index in [-0.39, 0.29) is 6.04 Å². The van der Waals surface area contributed by atoms with Gasteiger partial charge in [0.25, 0.3) is 0 Å². The summed E-state index contributed by atoms with van der Waals surface area (Å²) < 4.78 is 2.05. The molecule has 0 radical (unpaired) electrons. The zero-order chi connectivity index (χ0) is 11.5. The third-order valence-corrected chi connectivity index (χ3v) is 2.90. The minimum Gasteiger partial charge on any atom is -0.336 e. The summed E-state index contributed by atoms with van der Waals surface area (Å²) in [6, 6.07) is 8.55. The summed E-state index contributed by atoms with van der Waals surface area (Å²) in [4.78, 5) is 4.40. The average molecular weight is 215 g/mol. The van der Waals surface area contributed by atoms with Crippen molar-refractivity contribution in [3.05, 3.63) is 53.6 Å². The molecular weight excluding hydrogens is 198 g/mol. The molecule has 0 spiro atoms. The lowest BCUT2D eigenvalue weighted by atomic mass is 10.0. The largest absolute Gasteiger partial charge is 0.336 e. The van der Waals surface area contributed by atoms with Gasteiger partial charge in [0.1, 0.15) is 5.82 Å². The van der Waals surface area contributed by atoms with Gasteiger partial charge in [0.2, 0.25) is 0 Å². The number of hydrogen-bond donors (Lipinski definition) is 1. The van der Waals surface area contributed by atoms with E-state index in [0.29, 0.717) is 0 Å². The average Bonchev–Trinajstić information content (AvgIpc) is 2.69. The minimum absolute atomic E-state index is 0.154. The number of aromatic nitrogens is 2. The Morgan fingerprint density at radius 1 is 1.31 bits per heavy atom. The standard InChI is InChI=1S/C13H17N3/c1-10-6-4-5-7-11(10)12(14-2)13-15-8-9-16(13)3/h4-9,12,14H,1-3H3. The van der Waals surface area contributed by atoms with Gasteiger partial charge in [0.05, 0.1) is 6.04 Å². The van der Waals surface area contributed by atoms with E-state index in [9.17, 15) is 0 Å². The maximum absolute atomic E-state index is 4.40. The van der Waals surface area contributed by atoms with Crippen molar-refractivity contribution < 1.29 is 0 Å². The summed E-state index contributed by atoms with van der Waals surface area (Å²) in [5.41, 5.74) is 2.56. The van der Waals surface area contributed by atoms with Crippen LogP contribution in [0.15, 0.2) is 36.7 Å². The third-order valence-electron chi connectivity index (χ3n) is 2.90. The fraction of sp³-hybridized carbons (Fsp3) is 0.308. The van der Waals surface area contributed by atoms with Gasteiger partial charge < -0.3 is 9.88 Å². The number of rotatable bonds is 3. The molecule has 0 saturated carbocycles. The van der Waals surface area contributed by atoms with Gasteiger partial charge in [0, 0.05) is 19.4 Å². The van der Waals surface area contributed by atoms with Crippen molar-refractivity contribution in [1.29, 1.82) is 0 Å². The molecule has 0 aliphatic rings. The van der Waals surface area contributed by atoms with E-state index in [2.05, 4.69) is 41.5 Å². The number of imidazole rings is 1. The van der Waals surface area contributed by atoms with Crippen molar-refractivity contribution in [3.8, 4) is 0 Å². The molecule has 0 fully saturated rings. The van der Waals surface area contributed by atoms with E-state index < -0.39 is 0 Å².